The van der Waals surface area contributed by atoms with Crippen molar-refractivity contribution in [3.05, 3.63) is 113 Å². The van der Waals surface area contributed by atoms with Crippen LogP contribution in [0.25, 0.3) is 23.0 Å². The first-order valence-corrected chi connectivity index (χ1v) is 13.6. The molecule has 1 saturated heterocycles. The van der Waals surface area contributed by atoms with Gasteiger partial charge in [-0.05, 0) is 60.7 Å². The lowest BCUT2D eigenvalue weighted by molar-refractivity contribution is -0.113. The molecule has 0 unspecified atom stereocenters. The van der Waals surface area contributed by atoms with Gasteiger partial charge in [0.2, 0.25) is 0 Å². The Balaban J connectivity index is 1.19. The fourth-order valence-electron chi connectivity index (χ4n) is 4.98. The number of amidine groups is 1. The van der Waals surface area contributed by atoms with E-state index >= 15 is 0 Å². The van der Waals surface area contributed by atoms with Crippen molar-refractivity contribution in [2.75, 3.05) is 13.1 Å². The second-order valence-corrected chi connectivity index (χ2v) is 10.5. The van der Waals surface area contributed by atoms with Crippen molar-refractivity contribution < 1.29 is 4.79 Å². The van der Waals surface area contributed by atoms with Crippen LogP contribution in [0.15, 0.2) is 107 Å². The normalized spacial score (nSPS) is 17.4. The van der Waals surface area contributed by atoms with Crippen molar-refractivity contribution >= 4 is 28.9 Å². The molecule has 2 aliphatic heterocycles. The van der Waals surface area contributed by atoms with Crippen LogP contribution in [0.4, 0.5) is 0 Å². The van der Waals surface area contributed by atoms with Gasteiger partial charge in [-0.3, -0.25) is 4.79 Å². The second-order valence-electron chi connectivity index (χ2n) is 9.51. The largest absolute Gasteiger partial charge is 0.351 e. The zero-order chi connectivity index (χ0) is 25.0. The Kier molecular flexibility index (Phi) is 6.74. The fourth-order valence-corrected chi connectivity index (χ4v) is 5.93. The summed E-state index contributed by atoms with van der Waals surface area (Å²) in [5, 5.41) is 5.70. The number of amides is 1. The first-order chi connectivity index (χ1) is 18.2. The lowest BCUT2D eigenvalue weighted by Crippen LogP contribution is -2.37. The van der Waals surface area contributed by atoms with Gasteiger partial charge in [0.15, 0.2) is 5.17 Å². The van der Waals surface area contributed by atoms with Crippen LogP contribution in [-0.4, -0.2) is 38.8 Å². The smallest absolute Gasteiger partial charge is 0.286 e. The molecule has 0 N–H and O–H groups in total. The summed E-state index contributed by atoms with van der Waals surface area (Å²) in [6.45, 7) is 1.87. The van der Waals surface area contributed by atoms with E-state index in [0.29, 0.717) is 10.8 Å². The topological polar surface area (TPSA) is 50.5 Å². The Labute approximate surface area is 221 Å². The number of carbonyl (C=O) groups excluding carboxylic acids is 1. The summed E-state index contributed by atoms with van der Waals surface area (Å²) in [6, 6.07) is 30.8. The summed E-state index contributed by atoms with van der Waals surface area (Å²) in [5.41, 5.74) is 5.15. The summed E-state index contributed by atoms with van der Waals surface area (Å²) >= 11 is 1.48. The first-order valence-electron chi connectivity index (χ1n) is 12.7. The molecule has 184 valence electrons. The molecule has 6 rings (SSSR count). The molecule has 4 aromatic rings. The number of hydrogen-bond donors (Lipinski definition) is 0. The summed E-state index contributed by atoms with van der Waals surface area (Å²) in [4.78, 5) is 20.3. The molecule has 0 spiro atoms. The highest BCUT2D eigenvalue weighted by Crippen LogP contribution is 2.35. The number of nitrogens with zero attached hydrogens (tertiary/aromatic N) is 4. The summed E-state index contributed by atoms with van der Waals surface area (Å²) in [7, 11) is 0. The van der Waals surface area contributed by atoms with E-state index in [-0.39, 0.29) is 5.91 Å². The highest BCUT2D eigenvalue weighted by atomic mass is 32.2. The number of aliphatic imine (C=N–C) groups is 1. The van der Waals surface area contributed by atoms with E-state index in [1.807, 2.05) is 77.6 Å². The van der Waals surface area contributed by atoms with Gasteiger partial charge in [-0.25, -0.2) is 4.68 Å². The molecular formula is C31H28N4OS. The van der Waals surface area contributed by atoms with Crippen molar-refractivity contribution in [3.63, 3.8) is 0 Å². The first kappa shape index (κ1) is 23.5. The van der Waals surface area contributed by atoms with Crippen LogP contribution in [-0.2, 0) is 11.2 Å². The standard InChI is InChI=1S/C31H28N4OS/c36-30-28(37-31(32-30)34-18-16-24(17-19-34)20-23-10-4-1-5-11-23)21-26-22-35(27-14-8-3-9-15-27)33-29(26)25-12-6-2-7-13-25/h1-15,21-22,24H,16-20H2/b28-21-. The predicted molar refractivity (Wildman–Crippen MR) is 151 cm³/mol. The summed E-state index contributed by atoms with van der Waals surface area (Å²) < 4.78 is 1.87. The van der Waals surface area contributed by atoms with E-state index in [9.17, 15) is 4.79 Å². The number of para-hydroxylation sites is 1. The Morgan fingerprint density at radius 3 is 2.22 bits per heavy atom. The fraction of sp³-hybridized carbons (Fsp3) is 0.194. The maximum Gasteiger partial charge on any atom is 0.286 e. The highest BCUT2D eigenvalue weighted by molar-refractivity contribution is 8.18. The summed E-state index contributed by atoms with van der Waals surface area (Å²) in [5.74, 6) is 0.506. The Hall–Kier alpha value is -3.90. The third-order valence-electron chi connectivity index (χ3n) is 6.96. The molecule has 3 aromatic carbocycles. The maximum atomic E-state index is 12.9. The van der Waals surface area contributed by atoms with Gasteiger partial charge >= 0.3 is 0 Å². The molecule has 1 fully saturated rings. The van der Waals surface area contributed by atoms with E-state index in [4.69, 9.17) is 5.10 Å². The SMILES string of the molecule is O=C1N=C(N2CCC(Cc3ccccc3)CC2)S/C1=C\c1cn(-c2ccccc2)nc1-c1ccccc1. The molecule has 0 aliphatic carbocycles. The van der Waals surface area contributed by atoms with Gasteiger partial charge in [0.1, 0.15) is 0 Å². The van der Waals surface area contributed by atoms with E-state index in [1.165, 1.54) is 17.3 Å². The minimum Gasteiger partial charge on any atom is -0.351 e. The third kappa shape index (κ3) is 5.30. The van der Waals surface area contributed by atoms with Gasteiger partial charge in [0, 0.05) is 30.4 Å². The van der Waals surface area contributed by atoms with Crippen LogP contribution < -0.4 is 0 Å². The molecule has 37 heavy (non-hydrogen) atoms. The van der Waals surface area contributed by atoms with Gasteiger partial charge in [0.05, 0.1) is 16.3 Å². The van der Waals surface area contributed by atoms with Crippen LogP contribution in [0.5, 0.6) is 0 Å². The summed E-state index contributed by atoms with van der Waals surface area (Å²) in [6.07, 6.45) is 7.28. The van der Waals surface area contributed by atoms with Crippen molar-refractivity contribution in [2.45, 2.75) is 19.3 Å². The van der Waals surface area contributed by atoms with Gasteiger partial charge in [-0.15, -0.1) is 0 Å². The quantitative estimate of drug-likeness (QED) is 0.293. The van der Waals surface area contributed by atoms with Crippen molar-refractivity contribution in [3.8, 4) is 16.9 Å². The number of likely N-dealkylation sites (tertiary alicyclic amines) is 1. The van der Waals surface area contributed by atoms with Crippen molar-refractivity contribution in [1.82, 2.24) is 14.7 Å². The van der Waals surface area contributed by atoms with Crippen LogP contribution in [0.2, 0.25) is 0 Å². The number of piperidine rings is 1. The number of hydrogen-bond acceptors (Lipinski definition) is 4. The number of aromatic nitrogens is 2. The molecule has 1 amide bonds. The molecule has 5 nitrogen and oxygen atoms in total. The number of rotatable bonds is 5. The molecular weight excluding hydrogens is 476 g/mol. The Bertz CT molecular complexity index is 1440. The molecule has 1 aromatic heterocycles. The highest BCUT2D eigenvalue weighted by Gasteiger charge is 2.29. The number of thioether (sulfide) groups is 1. The average molecular weight is 505 g/mol. The second kappa shape index (κ2) is 10.6. The van der Waals surface area contributed by atoms with Crippen LogP contribution in [0.3, 0.4) is 0 Å². The third-order valence-corrected chi connectivity index (χ3v) is 8.00. The van der Waals surface area contributed by atoms with Gasteiger partial charge in [0.25, 0.3) is 5.91 Å². The number of benzene rings is 3. The van der Waals surface area contributed by atoms with E-state index in [2.05, 4.69) is 40.2 Å². The minimum atomic E-state index is -0.169. The van der Waals surface area contributed by atoms with Gasteiger partial charge in [-0.2, -0.15) is 10.1 Å². The average Bonchev–Trinajstić information content (AvgIpc) is 3.54. The van der Waals surface area contributed by atoms with Crippen LogP contribution in [0, 0.1) is 5.92 Å². The molecule has 6 heteroatoms. The van der Waals surface area contributed by atoms with E-state index in [1.54, 1.807) is 0 Å². The lowest BCUT2D eigenvalue weighted by Gasteiger charge is -2.32. The number of carbonyl (C=O) groups is 1. The molecule has 0 bridgehead atoms. The van der Waals surface area contributed by atoms with Crippen molar-refractivity contribution in [2.24, 2.45) is 10.9 Å². The Morgan fingerprint density at radius 1 is 0.865 bits per heavy atom. The maximum absolute atomic E-state index is 12.9. The zero-order valence-corrected chi connectivity index (χ0v) is 21.3. The van der Waals surface area contributed by atoms with E-state index in [0.717, 1.165) is 60.0 Å². The lowest BCUT2D eigenvalue weighted by atomic mass is 9.90. The predicted octanol–water partition coefficient (Wildman–Crippen LogP) is 6.46. The van der Waals surface area contributed by atoms with E-state index < -0.39 is 0 Å². The molecule has 0 radical (unpaired) electrons. The van der Waals surface area contributed by atoms with Crippen LogP contribution >= 0.6 is 11.8 Å². The van der Waals surface area contributed by atoms with Gasteiger partial charge < -0.3 is 4.90 Å². The Morgan fingerprint density at radius 2 is 1.51 bits per heavy atom. The molecule has 0 saturated carbocycles. The van der Waals surface area contributed by atoms with Crippen LogP contribution in [0.1, 0.15) is 24.0 Å². The zero-order valence-electron chi connectivity index (χ0n) is 20.5. The monoisotopic (exact) mass is 504 g/mol. The minimum absolute atomic E-state index is 0.169. The molecule has 2 aliphatic rings. The molecule has 3 heterocycles. The van der Waals surface area contributed by atoms with Crippen molar-refractivity contribution in [1.29, 1.82) is 0 Å². The molecule has 0 atom stereocenters. The van der Waals surface area contributed by atoms with Gasteiger partial charge in [-0.1, -0.05) is 78.9 Å².